The summed E-state index contributed by atoms with van der Waals surface area (Å²) in [6, 6.07) is 19.8. The van der Waals surface area contributed by atoms with Crippen molar-refractivity contribution in [2.45, 2.75) is 43.0 Å². The average Bonchev–Trinajstić information content (AvgIpc) is 3.94. The number of aryl methyl sites for hydroxylation is 1. The molecular weight excluding hydrogens is 691 g/mol. The number of hydrogen-bond donors (Lipinski definition) is 2. The number of fused-ring (bicyclic) bond motifs is 1. The number of nitrogens with zero attached hydrogens (tertiary/aromatic N) is 5. The van der Waals surface area contributed by atoms with Gasteiger partial charge >= 0.3 is 5.97 Å². The smallest absolute Gasteiger partial charge is 0.356 e. The summed E-state index contributed by atoms with van der Waals surface area (Å²) < 4.78 is 10.1. The van der Waals surface area contributed by atoms with Gasteiger partial charge in [0.25, 0.3) is 11.8 Å². The van der Waals surface area contributed by atoms with E-state index in [0.29, 0.717) is 30.7 Å². The first-order valence-electron chi connectivity index (χ1n) is 16.3. The number of aromatic nitrogens is 3. The largest absolute Gasteiger partial charge is 0.448 e. The van der Waals surface area contributed by atoms with Crippen LogP contribution in [0.1, 0.15) is 35.8 Å². The highest BCUT2D eigenvalue weighted by Crippen LogP contribution is 2.42. The number of benzene rings is 2. The lowest BCUT2D eigenvalue weighted by Crippen LogP contribution is -2.71. The van der Waals surface area contributed by atoms with Crippen molar-refractivity contribution < 1.29 is 33.4 Å². The predicted octanol–water partition coefficient (Wildman–Crippen LogP) is 3.46. The van der Waals surface area contributed by atoms with E-state index in [2.05, 4.69) is 20.8 Å². The molecular formula is C36H34N7O6S2+. The lowest BCUT2D eigenvalue weighted by molar-refractivity contribution is -0.752. The molecule has 3 atom stereocenters. The van der Waals surface area contributed by atoms with E-state index in [-0.39, 0.29) is 28.3 Å². The number of anilines is 1. The van der Waals surface area contributed by atoms with Crippen molar-refractivity contribution in [2.24, 2.45) is 12.2 Å². The highest BCUT2D eigenvalue weighted by molar-refractivity contribution is 8.00. The first-order valence-corrected chi connectivity index (χ1v) is 18.2. The summed E-state index contributed by atoms with van der Waals surface area (Å²) in [5, 5.41) is 10.7. The number of β-lactam (4-membered cyclic amide) rings is 1. The van der Waals surface area contributed by atoms with E-state index in [9.17, 15) is 19.2 Å². The monoisotopic (exact) mass is 724 g/mol. The summed E-state index contributed by atoms with van der Waals surface area (Å²) in [6.07, 6.45) is 8.63. The minimum absolute atomic E-state index is 0.137. The van der Waals surface area contributed by atoms with Gasteiger partial charge in [-0.15, -0.1) is 27.8 Å². The van der Waals surface area contributed by atoms with Crippen LogP contribution in [0.3, 0.4) is 0 Å². The lowest BCUT2D eigenvalue weighted by atomic mass is 10.0. The van der Waals surface area contributed by atoms with E-state index in [4.69, 9.17) is 9.57 Å². The highest BCUT2D eigenvalue weighted by atomic mass is 32.2. The second-order valence-electron chi connectivity index (χ2n) is 12.0. The molecule has 1 saturated heterocycles. The molecule has 0 bridgehead atoms. The Kier molecular flexibility index (Phi) is 10.1. The second-order valence-corrected chi connectivity index (χ2v) is 13.9. The van der Waals surface area contributed by atoms with E-state index in [1.165, 1.54) is 16.7 Å². The molecule has 7 rings (SSSR count). The van der Waals surface area contributed by atoms with Crippen LogP contribution in [0.4, 0.5) is 5.13 Å². The van der Waals surface area contributed by atoms with Gasteiger partial charge in [0, 0.05) is 17.2 Å². The molecule has 2 aromatic carbocycles. The fraction of sp³-hybridized carbons (Fsp3) is 0.250. The van der Waals surface area contributed by atoms with Crippen molar-refractivity contribution >= 4 is 58.1 Å². The van der Waals surface area contributed by atoms with E-state index < -0.39 is 35.3 Å². The molecule has 4 aromatic rings. The molecule has 2 aliphatic heterocycles. The maximum absolute atomic E-state index is 14.3. The Labute approximate surface area is 301 Å². The number of thiazole rings is 1. The van der Waals surface area contributed by atoms with Crippen LogP contribution in [0.15, 0.2) is 113 Å². The first kappa shape index (κ1) is 33.9. The van der Waals surface area contributed by atoms with Crippen molar-refractivity contribution in [2.75, 3.05) is 11.1 Å². The molecule has 1 fully saturated rings. The molecule has 3 aliphatic rings. The van der Waals surface area contributed by atoms with Gasteiger partial charge in [-0.25, -0.2) is 9.78 Å². The molecule has 260 valence electrons. The maximum atomic E-state index is 14.3. The topological polar surface area (TPSA) is 148 Å². The number of oxime groups is 1. The molecule has 0 spiro atoms. The Hall–Kier alpha value is -5.54. The van der Waals surface area contributed by atoms with Crippen LogP contribution in [0, 0.1) is 0 Å². The predicted molar refractivity (Wildman–Crippen MR) is 190 cm³/mol. The number of hydrogen-bond acceptors (Lipinski definition) is 10. The summed E-state index contributed by atoms with van der Waals surface area (Å²) in [6.45, 7) is 0.348. The number of carbonyl (C=O) groups excluding carboxylic acids is 4. The number of esters is 1. The summed E-state index contributed by atoms with van der Waals surface area (Å²) >= 11 is 2.57. The summed E-state index contributed by atoms with van der Waals surface area (Å²) in [5.74, 6) is -1.36. The molecule has 0 radical (unpaired) electrons. The third-order valence-electron chi connectivity index (χ3n) is 8.67. The van der Waals surface area contributed by atoms with E-state index in [0.717, 1.165) is 28.9 Å². The molecule has 1 aliphatic carbocycles. The number of ether oxygens (including phenoxy) is 1. The third kappa shape index (κ3) is 7.21. The van der Waals surface area contributed by atoms with Gasteiger partial charge in [-0.2, -0.15) is 4.68 Å². The number of amides is 3. The lowest BCUT2D eigenvalue weighted by Gasteiger charge is -2.49. The second kappa shape index (κ2) is 15.1. The van der Waals surface area contributed by atoms with Gasteiger partial charge in [-0.1, -0.05) is 71.9 Å². The highest BCUT2D eigenvalue weighted by Gasteiger charge is 2.55. The number of rotatable bonds is 13. The SMILES string of the molecule is C[n+]1cccn1CC1=C(C(=O)OC(c2ccccc2)c2ccccc2)N2C(=O)[C@@H](NC(=O)C(=NOC3C=CCC3)c3csc(NC=O)n3)[C@H]2SC1. The zero-order valence-corrected chi connectivity index (χ0v) is 29.1. The minimum Gasteiger partial charge on any atom is -0.448 e. The summed E-state index contributed by atoms with van der Waals surface area (Å²) in [4.78, 5) is 64.5. The standard InChI is InChI=1S/C36H33N7O6S2/c1-41-17-10-18-42(41)19-25-20-50-34-29(39-32(45)28(40-49-26-15-8-9-16-26)27-21-51-36(38-27)37-22-44)33(46)43(34)30(25)35(47)48-31(23-11-4-2-5-12-23)24-13-6-3-7-14-24/h2-8,10-15,17-18,21-22,26,29,31,34H,9,16,19-20H2,1H3,(H-,37,38,39,44,45)/p+1/t26?,29-,34-/m1/s1. The average molecular weight is 725 g/mol. The van der Waals surface area contributed by atoms with Crippen LogP contribution in [-0.4, -0.2) is 67.7 Å². The Bertz CT molecular complexity index is 1990. The van der Waals surface area contributed by atoms with Crippen molar-refractivity contribution in [1.29, 1.82) is 0 Å². The summed E-state index contributed by atoms with van der Waals surface area (Å²) in [7, 11) is 1.89. The molecule has 4 heterocycles. The third-order valence-corrected chi connectivity index (χ3v) is 10.8. The van der Waals surface area contributed by atoms with Gasteiger partial charge < -0.3 is 20.2 Å². The van der Waals surface area contributed by atoms with Crippen LogP contribution in [0.25, 0.3) is 0 Å². The maximum Gasteiger partial charge on any atom is 0.356 e. The molecule has 1 unspecified atom stereocenters. The van der Waals surface area contributed by atoms with Crippen LogP contribution in [0.5, 0.6) is 0 Å². The zero-order chi connectivity index (χ0) is 35.3. The molecule has 0 saturated carbocycles. The molecule has 13 nitrogen and oxygen atoms in total. The summed E-state index contributed by atoms with van der Waals surface area (Å²) in [5.41, 5.74) is 2.49. The van der Waals surface area contributed by atoms with Gasteiger partial charge in [-0.05, 0) is 35.6 Å². The van der Waals surface area contributed by atoms with Gasteiger partial charge in [0.05, 0.1) is 6.20 Å². The Morgan fingerprint density at radius 2 is 1.86 bits per heavy atom. The van der Waals surface area contributed by atoms with Crippen molar-refractivity contribution in [3.8, 4) is 0 Å². The normalized spacial score (nSPS) is 19.8. The van der Waals surface area contributed by atoms with Crippen LogP contribution in [0.2, 0.25) is 0 Å². The Balaban J connectivity index is 1.16. The van der Waals surface area contributed by atoms with E-state index in [1.54, 1.807) is 5.38 Å². The number of nitrogens with one attached hydrogen (secondary N) is 2. The van der Waals surface area contributed by atoms with Crippen LogP contribution in [-0.2, 0) is 42.3 Å². The van der Waals surface area contributed by atoms with Crippen molar-refractivity contribution in [3.05, 3.63) is 125 Å². The van der Waals surface area contributed by atoms with Gasteiger partial charge in [0.15, 0.2) is 30.2 Å². The quantitative estimate of drug-likeness (QED) is 0.0406. The van der Waals surface area contributed by atoms with Crippen LogP contribution < -0.4 is 15.3 Å². The van der Waals surface area contributed by atoms with Gasteiger partial charge in [0.1, 0.15) is 35.5 Å². The van der Waals surface area contributed by atoms with E-state index in [1.807, 2.05) is 108 Å². The molecule has 51 heavy (non-hydrogen) atoms. The minimum atomic E-state index is -0.962. The molecule has 2 N–H and O–H groups in total. The van der Waals surface area contributed by atoms with E-state index >= 15 is 0 Å². The van der Waals surface area contributed by atoms with Crippen molar-refractivity contribution in [1.82, 2.24) is 19.9 Å². The number of allylic oxidation sites excluding steroid dienone is 1. The first-order chi connectivity index (χ1) is 24.9. The molecule has 15 heteroatoms. The Morgan fingerprint density at radius 1 is 1.12 bits per heavy atom. The zero-order valence-electron chi connectivity index (χ0n) is 27.5. The fourth-order valence-corrected chi connectivity index (χ4v) is 8.07. The van der Waals surface area contributed by atoms with Gasteiger partial charge in [0.2, 0.25) is 6.41 Å². The molecule has 3 amide bonds. The van der Waals surface area contributed by atoms with Gasteiger partial charge in [-0.3, -0.25) is 19.3 Å². The van der Waals surface area contributed by atoms with Crippen molar-refractivity contribution in [3.63, 3.8) is 0 Å². The Morgan fingerprint density at radius 3 is 2.51 bits per heavy atom. The van der Waals surface area contributed by atoms with Crippen LogP contribution >= 0.6 is 23.1 Å². The molecule has 2 aromatic heterocycles. The number of thioether (sulfide) groups is 1. The number of carbonyl (C=O) groups is 4. The fourth-order valence-electron chi connectivity index (χ4n) is 6.08.